The maximum atomic E-state index is 12.0. The summed E-state index contributed by atoms with van der Waals surface area (Å²) in [6.45, 7) is 2.31. The number of ether oxygens (including phenoxy) is 1. The highest BCUT2D eigenvalue weighted by molar-refractivity contribution is 8.01. The monoisotopic (exact) mass is 371 g/mol. The van der Waals surface area contributed by atoms with Crippen molar-refractivity contribution in [1.82, 2.24) is 15.3 Å². The van der Waals surface area contributed by atoms with E-state index in [0.29, 0.717) is 23.9 Å². The third kappa shape index (κ3) is 5.30. The molecule has 0 saturated carbocycles. The quantitative estimate of drug-likeness (QED) is 0.635. The van der Waals surface area contributed by atoms with Crippen molar-refractivity contribution < 1.29 is 9.53 Å². The van der Waals surface area contributed by atoms with Gasteiger partial charge in [0.05, 0.1) is 5.75 Å². The third-order valence-electron chi connectivity index (χ3n) is 3.21. The topological polar surface area (TPSA) is 64.1 Å². The molecule has 3 rings (SSSR count). The summed E-state index contributed by atoms with van der Waals surface area (Å²) in [6.07, 6.45) is 1.67. The molecule has 25 heavy (non-hydrogen) atoms. The zero-order valence-electron chi connectivity index (χ0n) is 13.6. The Hall–Kier alpha value is -2.38. The van der Waals surface area contributed by atoms with E-state index in [1.54, 1.807) is 17.5 Å². The number of thiazole rings is 1. The summed E-state index contributed by atoms with van der Waals surface area (Å²) in [6, 6.07) is 13.2. The zero-order chi connectivity index (χ0) is 17.5. The molecule has 0 aliphatic carbocycles. The Morgan fingerprint density at radius 2 is 2.08 bits per heavy atom. The lowest BCUT2D eigenvalue weighted by Crippen LogP contribution is -2.24. The molecule has 0 aliphatic heterocycles. The largest absolute Gasteiger partial charge is 0.439 e. The van der Waals surface area contributed by atoms with Crippen LogP contribution < -0.4 is 10.1 Å². The number of hydrogen-bond acceptors (Lipinski definition) is 6. The second kappa shape index (κ2) is 8.64. The lowest BCUT2D eigenvalue weighted by Gasteiger charge is -2.10. The molecular formula is C18H17N3O2S2. The Labute approximate surface area is 154 Å². The summed E-state index contributed by atoms with van der Waals surface area (Å²) in [5.41, 5.74) is 1.81. The number of para-hydroxylation sites is 1. The number of benzene rings is 1. The molecular weight excluding hydrogens is 354 g/mol. The first kappa shape index (κ1) is 17.4. The summed E-state index contributed by atoms with van der Waals surface area (Å²) in [5.74, 6) is 1.50. The fraction of sp³-hybridized carbons (Fsp3) is 0.167. The fourth-order valence-electron chi connectivity index (χ4n) is 2.02. The highest BCUT2D eigenvalue weighted by atomic mass is 32.2. The normalized spacial score (nSPS) is 10.4. The minimum Gasteiger partial charge on any atom is -0.439 e. The molecule has 0 aliphatic rings. The molecule has 2 heterocycles. The molecule has 0 atom stereocenters. The van der Waals surface area contributed by atoms with Gasteiger partial charge in [-0.25, -0.2) is 9.97 Å². The lowest BCUT2D eigenvalue weighted by atomic mass is 10.2. The number of hydrogen-bond donors (Lipinski definition) is 1. The molecule has 0 radical (unpaired) electrons. The average molecular weight is 371 g/mol. The number of nitrogens with one attached hydrogen (secondary N) is 1. The Kier molecular flexibility index (Phi) is 6.03. The predicted octanol–water partition coefficient (Wildman–Crippen LogP) is 4.05. The number of carbonyl (C=O) groups excluding carboxylic acids is 1. The van der Waals surface area contributed by atoms with Gasteiger partial charge < -0.3 is 10.1 Å². The number of pyridine rings is 1. The minimum atomic E-state index is -0.0487. The van der Waals surface area contributed by atoms with Crippen molar-refractivity contribution >= 4 is 29.0 Å². The molecule has 0 fully saturated rings. The molecule has 1 N–H and O–H groups in total. The van der Waals surface area contributed by atoms with Gasteiger partial charge in [0.15, 0.2) is 4.34 Å². The molecule has 2 aromatic heterocycles. The van der Waals surface area contributed by atoms with Crippen molar-refractivity contribution in [1.29, 1.82) is 0 Å². The van der Waals surface area contributed by atoms with Crippen molar-refractivity contribution in [2.24, 2.45) is 0 Å². The van der Waals surface area contributed by atoms with Crippen molar-refractivity contribution in [3.05, 3.63) is 65.3 Å². The Morgan fingerprint density at radius 3 is 2.84 bits per heavy atom. The van der Waals surface area contributed by atoms with Crippen LogP contribution in [0.25, 0.3) is 0 Å². The van der Waals surface area contributed by atoms with Crippen LogP contribution in [0.4, 0.5) is 0 Å². The van der Waals surface area contributed by atoms with Crippen LogP contribution in [-0.2, 0) is 11.3 Å². The van der Waals surface area contributed by atoms with Gasteiger partial charge >= 0.3 is 0 Å². The number of rotatable bonds is 7. The fourth-order valence-corrected chi connectivity index (χ4v) is 3.70. The van der Waals surface area contributed by atoms with Gasteiger partial charge in [-0.3, -0.25) is 4.79 Å². The first-order chi connectivity index (χ1) is 12.2. The van der Waals surface area contributed by atoms with Crippen LogP contribution >= 0.6 is 23.1 Å². The van der Waals surface area contributed by atoms with E-state index < -0.39 is 0 Å². The number of nitrogens with zero attached hydrogens (tertiary/aromatic N) is 2. The van der Waals surface area contributed by atoms with Gasteiger partial charge in [-0.2, -0.15) is 0 Å². The highest BCUT2D eigenvalue weighted by Gasteiger charge is 2.09. The van der Waals surface area contributed by atoms with E-state index in [0.717, 1.165) is 15.6 Å². The molecule has 0 spiro atoms. The molecule has 1 aromatic carbocycles. The number of amides is 1. The second-order valence-electron chi connectivity index (χ2n) is 5.20. The van der Waals surface area contributed by atoms with Gasteiger partial charge in [0, 0.05) is 29.4 Å². The molecule has 128 valence electrons. The van der Waals surface area contributed by atoms with Gasteiger partial charge in [-0.05, 0) is 25.1 Å². The second-order valence-corrected chi connectivity index (χ2v) is 7.28. The molecule has 3 aromatic rings. The van der Waals surface area contributed by atoms with Gasteiger partial charge in [-0.15, -0.1) is 11.3 Å². The van der Waals surface area contributed by atoms with Crippen molar-refractivity contribution in [2.75, 3.05) is 5.75 Å². The van der Waals surface area contributed by atoms with Crippen molar-refractivity contribution in [2.45, 2.75) is 17.8 Å². The number of aromatic nitrogens is 2. The first-order valence-electron chi connectivity index (χ1n) is 7.69. The maximum Gasteiger partial charge on any atom is 0.230 e. The van der Waals surface area contributed by atoms with E-state index in [-0.39, 0.29) is 5.91 Å². The Bertz CT molecular complexity index is 837. The van der Waals surface area contributed by atoms with E-state index in [1.165, 1.54) is 11.8 Å². The SMILES string of the molecule is Cc1csc(SCC(=O)NCc2cccnc2Oc2ccccc2)n1. The average Bonchev–Trinajstić information content (AvgIpc) is 3.05. The van der Waals surface area contributed by atoms with Crippen LogP contribution in [-0.4, -0.2) is 21.6 Å². The summed E-state index contributed by atoms with van der Waals surface area (Å²) >= 11 is 2.99. The maximum absolute atomic E-state index is 12.0. The number of carbonyl (C=O) groups is 1. The van der Waals surface area contributed by atoms with Crippen molar-refractivity contribution in [3.63, 3.8) is 0 Å². The molecule has 0 unspecified atom stereocenters. The summed E-state index contributed by atoms with van der Waals surface area (Å²) in [7, 11) is 0. The zero-order valence-corrected chi connectivity index (χ0v) is 15.3. The lowest BCUT2D eigenvalue weighted by molar-refractivity contribution is -0.118. The standard InChI is InChI=1S/C18H17N3O2S2/c1-13-11-24-18(21-13)25-12-16(22)20-10-14-6-5-9-19-17(14)23-15-7-3-2-4-8-15/h2-9,11H,10,12H2,1H3,(H,20,22). The van der Waals surface area contributed by atoms with Crippen molar-refractivity contribution in [3.8, 4) is 11.6 Å². The highest BCUT2D eigenvalue weighted by Crippen LogP contribution is 2.23. The molecule has 1 amide bonds. The van der Waals surface area contributed by atoms with Gasteiger partial charge in [-0.1, -0.05) is 36.0 Å². The van der Waals surface area contributed by atoms with E-state index >= 15 is 0 Å². The van der Waals surface area contributed by atoms with Crippen LogP contribution in [0, 0.1) is 6.92 Å². The third-order valence-corrected chi connectivity index (χ3v) is 5.35. The van der Waals surface area contributed by atoms with Gasteiger partial charge in [0.25, 0.3) is 0 Å². The number of thioether (sulfide) groups is 1. The number of aryl methyl sites for hydroxylation is 1. The van der Waals surface area contributed by atoms with E-state index in [9.17, 15) is 4.79 Å². The first-order valence-corrected chi connectivity index (χ1v) is 9.55. The van der Waals surface area contributed by atoms with Crippen LogP contribution in [0.5, 0.6) is 11.6 Å². The molecule has 5 nitrogen and oxygen atoms in total. The Balaban J connectivity index is 1.55. The van der Waals surface area contributed by atoms with Crippen LogP contribution in [0.2, 0.25) is 0 Å². The molecule has 7 heteroatoms. The van der Waals surface area contributed by atoms with Crippen LogP contribution in [0.1, 0.15) is 11.3 Å². The van der Waals surface area contributed by atoms with Gasteiger partial charge in [0.1, 0.15) is 5.75 Å². The summed E-state index contributed by atoms with van der Waals surface area (Å²) < 4.78 is 6.70. The molecule has 0 saturated heterocycles. The summed E-state index contributed by atoms with van der Waals surface area (Å²) in [5, 5.41) is 4.87. The van der Waals surface area contributed by atoms with E-state index in [4.69, 9.17) is 4.74 Å². The van der Waals surface area contributed by atoms with E-state index in [2.05, 4.69) is 15.3 Å². The van der Waals surface area contributed by atoms with Crippen LogP contribution in [0.3, 0.4) is 0 Å². The Morgan fingerprint density at radius 1 is 1.24 bits per heavy atom. The van der Waals surface area contributed by atoms with E-state index in [1.807, 2.05) is 54.8 Å². The minimum absolute atomic E-state index is 0.0487. The summed E-state index contributed by atoms with van der Waals surface area (Å²) in [4.78, 5) is 20.6. The van der Waals surface area contributed by atoms with Crippen LogP contribution in [0.15, 0.2) is 58.4 Å². The smallest absolute Gasteiger partial charge is 0.230 e. The predicted molar refractivity (Wildman–Crippen MR) is 100 cm³/mol. The molecule has 0 bridgehead atoms. The van der Waals surface area contributed by atoms with Gasteiger partial charge in [0.2, 0.25) is 11.8 Å².